The Morgan fingerprint density at radius 3 is 2.57 bits per heavy atom. The van der Waals surface area contributed by atoms with E-state index in [4.69, 9.17) is 43.2 Å². The standard InChI is InChI=1S/C24H21Cl2F2N5O4/c1-11(18-19(25)16(27)6-17(28)20(18)26)37-22-21-14(8-30-23(22)29)15(10-36-21)12-7-31-33(9-12)13-2-4-32(5-3-13)24(34)35/h6-11,13H,2-5H2,1H3,(H2,29,30)(H,34,35). The Morgan fingerprint density at radius 2 is 1.92 bits per heavy atom. The number of nitrogen functional groups attached to an aromatic ring is 1. The van der Waals surface area contributed by atoms with Crippen LogP contribution in [-0.2, 0) is 0 Å². The van der Waals surface area contributed by atoms with Gasteiger partial charge in [-0.15, -0.1) is 0 Å². The monoisotopic (exact) mass is 551 g/mol. The number of piperidine rings is 1. The molecule has 1 unspecified atom stereocenters. The van der Waals surface area contributed by atoms with Crippen molar-refractivity contribution in [3.8, 4) is 16.9 Å². The van der Waals surface area contributed by atoms with E-state index in [0.29, 0.717) is 42.9 Å². The predicted octanol–water partition coefficient (Wildman–Crippen LogP) is 6.31. The summed E-state index contributed by atoms with van der Waals surface area (Å²) >= 11 is 12.1. The average molecular weight is 552 g/mol. The number of hydrogen-bond acceptors (Lipinski definition) is 6. The Bertz CT molecular complexity index is 1470. The molecule has 4 aromatic rings. The molecule has 0 spiro atoms. The lowest BCUT2D eigenvalue weighted by atomic mass is 10.1. The van der Waals surface area contributed by atoms with E-state index in [9.17, 15) is 13.6 Å². The SMILES string of the molecule is CC(Oc1c(N)ncc2c(-c3cnn(C4CCN(C(=O)O)CC4)c3)coc12)c1c(Cl)c(F)cc(F)c1Cl. The van der Waals surface area contributed by atoms with E-state index >= 15 is 0 Å². The van der Waals surface area contributed by atoms with Gasteiger partial charge in [0.25, 0.3) is 0 Å². The summed E-state index contributed by atoms with van der Waals surface area (Å²) in [5.74, 6) is -1.86. The number of anilines is 1. The van der Waals surface area contributed by atoms with E-state index in [2.05, 4.69) is 10.1 Å². The van der Waals surface area contributed by atoms with Gasteiger partial charge in [-0.05, 0) is 19.8 Å². The molecule has 0 radical (unpaired) electrons. The highest BCUT2D eigenvalue weighted by atomic mass is 35.5. The number of pyridine rings is 1. The quantitative estimate of drug-likeness (QED) is 0.278. The summed E-state index contributed by atoms with van der Waals surface area (Å²) < 4.78 is 41.7. The molecule has 37 heavy (non-hydrogen) atoms. The summed E-state index contributed by atoms with van der Waals surface area (Å²) in [6.45, 7) is 2.40. The average Bonchev–Trinajstić information content (AvgIpc) is 3.52. The van der Waals surface area contributed by atoms with Gasteiger partial charge in [0.15, 0.2) is 11.4 Å². The molecular formula is C24H21Cl2F2N5O4. The van der Waals surface area contributed by atoms with Crippen molar-refractivity contribution in [2.24, 2.45) is 0 Å². The van der Waals surface area contributed by atoms with Crippen LogP contribution in [0.4, 0.5) is 19.4 Å². The van der Waals surface area contributed by atoms with Gasteiger partial charge < -0.3 is 24.9 Å². The van der Waals surface area contributed by atoms with Crippen molar-refractivity contribution in [2.75, 3.05) is 18.8 Å². The van der Waals surface area contributed by atoms with Crippen molar-refractivity contribution in [1.82, 2.24) is 19.7 Å². The van der Waals surface area contributed by atoms with Crippen LogP contribution in [0.15, 0.2) is 35.3 Å². The third-order valence-corrected chi connectivity index (χ3v) is 7.24. The summed E-state index contributed by atoms with van der Waals surface area (Å²) in [6.07, 6.45) is 5.98. The number of carboxylic acid groups (broad SMARTS) is 1. The zero-order valence-electron chi connectivity index (χ0n) is 19.4. The zero-order chi connectivity index (χ0) is 26.4. The highest BCUT2D eigenvalue weighted by Crippen LogP contribution is 2.42. The summed E-state index contributed by atoms with van der Waals surface area (Å²) in [5.41, 5.74) is 7.70. The second-order valence-corrected chi connectivity index (χ2v) is 9.47. The second-order valence-electron chi connectivity index (χ2n) is 8.72. The lowest BCUT2D eigenvalue weighted by Crippen LogP contribution is -2.38. The maximum Gasteiger partial charge on any atom is 0.407 e. The molecule has 1 aromatic carbocycles. The molecule has 1 amide bonds. The molecule has 1 atom stereocenters. The van der Waals surface area contributed by atoms with Crippen LogP contribution in [0.5, 0.6) is 5.75 Å². The number of likely N-dealkylation sites (tertiary alicyclic amines) is 1. The minimum Gasteiger partial charge on any atom is -0.478 e. The number of aromatic nitrogens is 3. The van der Waals surface area contributed by atoms with Crippen LogP contribution < -0.4 is 10.5 Å². The van der Waals surface area contributed by atoms with E-state index in [0.717, 1.165) is 5.56 Å². The highest BCUT2D eigenvalue weighted by Gasteiger charge is 2.27. The van der Waals surface area contributed by atoms with Crippen molar-refractivity contribution in [3.63, 3.8) is 0 Å². The molecule has 5 rings (SSSR count). The van der Waals surface area contributed by atoms with Gasteiger partial charge in [0.2, 0.25) is 5.75 Å². The number of nitrogens with zero attached hydrogens (tertiary/aromatic N) is 4. The summed E-state index contributed by atoms with van der Waals surface area (Å²) in [5, 5.41) is 13.5. The Balaban J connectivity index is 1.44. The van der Waals surface area contributed by atoms with E-state index < -0.39 is 23.8 Å². The molecule has 1 aliphatic heterocycles. The molecule has 0 bridgehead atoms. The number of fused-ring (bicyclic) bond motifs is 1. The maximum absolute atomic E-state index is 14.1. The fourth-order valence-electron chi connectivity index (χ4n) is 4.50. The summed E-state index contributed by atoms with van der Waals surface area (Å²) in [7, 11) is 0. The van der Waals surface area contributed by atoms with Crippen LogP contribution >= 0.6 is 23.2 Å². The molecule has 3 aromatic heterocycles. The third kappa shape index (κ3) is 4.53. The number of rotatable bonds is 5. The number of amides is 1. The second kappa shape index (κ2) is 9.71. The number of carbonyl (C=O) groups is 1. The molecular weight excluding hydrogens is 531 g/mol. The first-order valence-corrected chi connectivity index (χ1v) is 12.1. The fourth-order valence-corrected chi connectivity index (χ4v) is 5.15. The summed E-state index contributed by atoms with van der Waals surface area (Å²) in [6, 6.07) is 0.670. The van der Waals surface area contributed by atoms with Crippen molar-refractivity contribution in [2.45, 2.75) is 31.9 Å². The number of furan rings is 1. The van der Waals surface area contributed by atoms with Gasteiger partial charge in [-0.1, -0.05) is 23.2 Å². The van der Waals surface area contributed by atoms with Gasteiger partial charge in [-0.25, -0.2) is 18.6 Å². The molecule has 9 nitrogen and oxygen atoms in total. The minimum atomic E-state index is -0.993. The summed E-state index contributed by atoms with van der Waals surface area (Å²) in [4.78, 5) is 16.8. The molecule has 13 heteroatoms. The molecule has 194 valence electrons. The number of benzene rings is 1. The van der Waals surface area contributed by atoms with Crippen LogP contribution in [0.2, 0.25) is 10.0 Å². The zero-order valence-corrected chi connectivity index (χ0v) is 20.9. The molecule has 3 N–H and O–H groups in total. The van der Waals surface area contributed by atoms with E-state index in [1.165, 1.54) is 24.3 Å². The molecule has 4 heterocycles. The van der Waals surface area contributed by atoms with Crippen molar-refractivity contribution < 1.29 is 27.8 Å². The van der Waals surface area contributed by atoms with Gasteiger partial charge >= 0.3 is 6.09 Å². The topological polar surface area (TPSA) is 120 Å². The number of halogens is 4. The Kier molecular flexibility index (Phi) is 6.59. The van der Waals surface area contributed by atoms with Crippen molar-refractivity contribution in [1.29, 1.82) is 0 Å². The van der Waals surface area contributed by atoms with Crippen LogP contribution in [0.3, 0.4) is 0 Å². The molecule has 1 fully saturated rings. The fraction of sp³-hybridized carbons (Fsp3) is 0.292. The lowest BCUT2D eigenvalue weighted by molar-refractivity contribution is 0.124. The Hall–Kier alpha value is -3.57. The predicted molar refractivity (Wildman–Crippen MR) is 133 cm³/mol. The maximum atomic E-state index is 14.1. The van der Waals surface area contributed by atoms with Gasteiger partial charge in [0, 0.05) is 48.2 Å². The van der Waals surface area contributed by atoms with Crippen molar-refractivity contribution in [3.05, 3.63) is 58.2 Å². The smallest absolute Gasteiger partial charge is 0.407 e. The highest BCUT2D eigenvalue weighted by molar-refractivity contribution is 6.36. The first-order valence-electron chi connectivity index (χ1n) is 11.3. The van der Waals surface area contributed by atoms with Crippen LogP contribution in [0, 0.1) is 11.6 Å². The molecule has 1 aliphatic rings. The van der Waals surface area contributed by atoms with Gasteiger partial charge in [0.1, 0.15) is 24.0 Å². The van der Waals surface area contributed by atoms with Crippen LogP contribution in [0.1, 0.15) is 37.5 Å². The number of ether oxygens (including phenoxy) is 1. The van der Waals surface area contributed by atoms with E-state index in [1.54, 1.807) is 6.20 Å². The van der Waals surface area contributed by atoms with Crippen LogP contribution in [-0.4, -0.2) is 44.0 Å². The van der Waals surface area contributed by atoms with Crippen LogP contribution in [0.25, 0.3) is 22.1 Å². The third-order valence-electron chi connectivity index (χ3n) is 6.47. The first kappa shape index (κ1) is 25.1. The number of nitrogens with two attached hydrogens (primary N) is 1. The Morgan fingerprint density at radius 1 is 1.24 bits per heavy atom. The van der Waals surface area contributed by atoms with E-state index in [-0.39, 0.29) is 38.8 Å². The lowest BCUT2D eigenvalue weighted by Gasteiger charge is -2.30. The number of hydrogen-bond donors (Lipinski definition) is 2. The Labute approximate surface area is 219 Å². The minimum absolute atomic E-state index is 0.00487. The molecule has 1 saturated heterocycles. The van der Waals surface area contributed by atoms with Crippen molar-refractivity contribution >= 4 is 46.1 Å². The molecule has 0 aliphatic carbocycles. The molecule has 0 saturated carbocycles. The van der Waals surface area contributed by atoms with Gasteiger partial charge in [0.05, 0.1) is 27.7 Å². The van der Waals surface area contributed by atoms with E-state index in [1.807, 2.05) is 10.9 Å². The normalized spacial score (nSPS) is 15.3. The largest absolute Gasteiger partial charge is 0.478 e. The van der Waals surface area contributed by atoms with Gasteiger partial charge in [-0.2, -0.15) is 5.10 Å². The van der Waals surface area contributed by atoms with Gasteiger partial charge in [-0.3, -0.25) is 4.68 Å². The first-order chi connectivity index (χ1) is 17.7.